The van der Waals surface area contributed by atoms with Crippen LogP contribution in [0.3, 0.4) is 0 Å². The van der Waals surface area contributed by atoms with Crippen molar-refractivity contribution in [2.24, 2.45) is 4.99 Å². The minimum atomic E-state index is -4.31. The molecule has 0 bridgehead atoms. The number of thiazole rings is 1. The van der Waals surface area contributed by atoms with E-state index in [1.807, 2.05) is 17.0 Å². The minimum Gasteiger partial charge on any atom is -0.347 e. The molecule has 0 unspecified atom stereocenters. The molecule has 1 aromatic carbocycles. The van der Waals surface area contributed by atoms with Crippen LogP contribution in [-0.4, -0.2) is 41.2 Å². The predicted molar refractivity (Wildman–Crippen MR) is 122 cm³/mol. The molecule has 0 spiro atoms. The number of hydrogen-bond acceptors (Lipinski definition) is 7. The van der Waals surface area contributed by atoms with Gasteiger partial charge in [0.05, 0.1) is 22.5 Å². The molecule has 0 saturated carbocycles. The van der Waals surface area contributed by atoms with E-state index >= 15 is 0 Å². The highest BCUT2D eigenvalue weighted by Gasteiger charge is 2.20. The minimum absolute atomic E-state index is 0.0480. The number of anilines is 1. The van der Waals surface area contributed by atoms with Gasteiger partial charge in [-0.15, -0.1) is 23.1 Å². The molecule has 2 aromatic rings. The number of rotatable bonds is 10. The number of nitrogens with one attached hydrogen (secondary N) is 2. The van der Waals surface area contributed by atoms with E-state index in [9.17, 15) is 13.2 Å². The monoisotopic (exact) mass is 468 g/mol. The van der Waals surface area contributed by atoms with Crippen LogP contribution < -0.4 is 10.0 Å². The molecular formula is C19H24N4O4S3. The van der Waals surface area contributed by atoms with Crippen molar-refractivity contribution in [2.45, 2.75) is 38.6 Å². The first-order chi connectivity index (χ1) is 14.3. The molecule has 162 valence electrons. The Hall–Kier alpha value is -1.95. The Morgan fingerprint density at radius 2 is 2.07 bits per heavy atom. The van der Waals surface area contributed by atoms with Crippen LogP contribution in [0.2, 0.25) is 0 Å². The molecule has 0 radical (unpaired) electrons. The Labute approximate surface area is 184 Å². The number of amides is 1. The molecule has 0 aliphatic carbocycles. The summed E-state index contributed by atoms with van der Waals surface area (Å²) >= 11 is 3.23. The van der Waals surface area contributed by atoms with Crippen LogP contribution in [0.5, 0.6) is 0 Å². The lowest BCUT2D eigenvalue weighted by Gasteiger charge is -2.17. The largest absolute Gasteiger partial charge is 0.357 e. The van der Waals surface area contributed by atoms with Gasteiger partial charge in [0.1, 0.15) is 5.01 Å². The summed E-state index contributed by atoms with van der Waals surface area (Å²) in [5.74, 6) is 0.939. The van der Waals surface area contributed by atoms with E-state index in [1.165, 1.54) is 11.3 Å². The molecule has 8 nitrogen and oxygen atoms in total. The zero-order valence-corrected chi connectivity index (χ0v) is 18.9. The SMILES string of the molecule is CCc1csc([C@H](Cc2ccc(NS(=O)(=O)O)cc2)NC(=O)CCC2=NCCS2)n1. The van der Waals surface area contributed by atoms with Crippen molar-refractivity contribution in [3.05, 3.63) is 45.9 Å². The summed E-state index contributed by atoms with van der Waals surface area (Å²) in [6.07, 6.45) is 2.37. The van der Waals surface area contributed by atoms with Crippen LogP contribution >= 0.6 is 23.1 Å². The van der Waals surface area contributed by atoms with Crippen LogP contribution in [0.15, 0.2) is 34.6 Å². The van der Waals surface area contributed by atoms with E-state index < -0.39 is 10.3 Å². The first kappa shape index (κ1) is 22.7. The van der Waals surface area contributed by atoms with Crippen molar-refractivity contribution in [2.75, 3.05) is 17.0 Å². The molecule has 3 N–H and O–H groups in total. The van der Waals surface area contributed by atoms with Crippen molar-refractivity contribution < 1.29 is 17.8 Å². The topological polar surface area (TPSA) is 121 Å². The molecule has 11 heteroatoms. The molecule has 0 saturated heterocycles. The Kier molecular flexibility index (Phi) is 7.87. The normalized spacial score (nSPS) is 14.9. The highest BCUT2D eigenvalue weighted by Crippen LogP contribution is 2.24. The van der Waals surface area contributed by atoms with Crippen molar-refractivity contribution in [1.29, 1.82) is 0 Å². The number of hydrogen-bond donors (Lipinski definition) is 3. The summed E-state index contributed by atoms with van der Waals surface area (Å²) in [6, 6.07) is 6.37. The average Bonchev–Trinajstić information content (AvgIpc) is 3.38. The highest BCUT2D eigenvalue weighted by atomic mass is 32.2. The van der Waals surface area contributed by atoms with E-state index in [0.29, 0.717) is 19.3 Å². The van der Waals surface area contributed by atoms with E-state index in [2.05, 4.69) is 15.3 Å². The number of carbonyl (C=O) groups excluding carboxylic acids is 1. The Balaban J connectivity index is 1.68. The molecule has 1 amide bonds. The van der Waals surface area contributed by atoms with E-state index in [0.717, 1.165) is 40.0 Å². The Bertz CT molecular complexity index is 1000. The lowest BCUT2D eigenvalue weighted by Crippen LogP contribution is -2.30. The number of aliphatic imine (C=N–C) groups is 1. The van der Waals surface area contributed by atoms with Gasteiger partial charge in [0.25, 0.3) is 0 Å². The number of benzene rings is 1. The number of thioether (sulfide) groups is 1. The highest BCUT2D eigenvalue weighted by molar-refractivity contribution is 8.14. The van der Waals surface area contributed by atoms with Crippen LogP contribution in [0, 0.1) is 0 Å². The second kappa shape index (κ2) is 10.4. The Morgan fingerprint density at radius 1 is 1.30 bits per heavy atom. The fourth-order valence-electron chi connectivity index (χ4n) is 2.96. The third kappa shape index (κ3) is 7.08. The van der Waals surface area contributed by atoms with Gasteiger partial charge in [-0.1, -0.05) is 19.1 Å². The molecule has 1 aliphatic heterocycles. The van der Waals surface area contributed by atoms with Gasteiger partial charge in [0.15, 0.2) is 0 Å². The zero-order chi connectivity index (χ0) is 21.6. The van der Waals surface area contributed by atoms with Crippen LogP contribution in [0.1, 0.15) is 42.1 Å². The number of nitrogens with zero attached hydrogens (tertiary/aromatic N) is 2. The van der Waals surface area contributed by atoms with E-state index in [4.69, 9.17) is 4.55 Å². The van der Waals surface area contributed by atoms with Crippen LogP contribution in [0.25, 0.3) is 0 Å². The van der Waals surface area contributed by atoms with Crippen molar-refractivity contribution in [3.8, 4) is 0 Å². The lowest BCUT2D eigenvalue weighted by molar-refractivity contribution is -0.121. The first-order valence-corrected chi connectivity index (χ1v) is 12.9. The predicted octanol–water partition coefficient (Wildman–Crippen LogP) is 3.25. The number of carbonyl (C=O) groups is 1. The molecule has 1 aliphatic rings. The van der Waals surface area contributed by atoms with E-state index in [1.54, 1.807) is 36.0 Å². The molecule has 30 heavy (non-hydrogen) atoms. The van der Waals surface area contributed by atoms with Crippen LogP contribution in [-0.2, 0) is 27.9 Å². The zero-order valence-electron chi connectivity index (χ0n) is 16.5. The smallest absolute Gasteiger partial charge is 0.347 e. The second-order valence-electron chi connectivity index (χ2n) is 6.75. The molecule has 1 atom stereocenters. The number of aromatic nitrogens is 1. The van der Waals surface area contributed by atoms with Gasteiger partial charge < -0.3 is 5.32 Å². The van der Waals surface area contributed by atoms with E-state index in [-0.39, 0.29) is 17.6 Å². The van der Waals surface area contributed by atoms with Crippen molar-refractivity contribution in [1.82, 2.24) is 10.3 Å². The summed E-state index contributed by atoms with van der Waals surface area (Å²) in [7, 11) is -4.31. The van der Waals surface area contributed by atoms with Gasteiger partial charge in [0, 0.05) is 30.5 Å². The molecule has 3 rings (SSSR count). The van der Waals surface area contributed by atoms with Crippen LogP contribution in [0.4, 0.5) is 5.69 Å². The molecule has 2 heterocycles. The third-order valence-corrected chi connectivity index (χ3v) is 6.97. The van der Waals surface area contributed by atoms with Crippen molar-refractivity contribution >= 4 is 50.0 Å². The quantitative estimate of drug-likeness (QED) is 0.460. The summed E-state index contributed by atoms with van der Waals surface area (Å²) in [5, 5.41) is 6.96. The molecule has 0 fully saturated rings. The summed E-state index contributed by atoms with van der Waals surface area (Å²) in [6.45, 7) is 2.86. The molecule has 1 aromatic heterocycles. The second-order valence-corrected chi connectivity index (χ2v) is 9.96. The summed E-state index contributed by atoms with van der Waals surface area (Å²) in [4.78, 5) is 21.6. The Morgan fingerprint density at radius 3 is 2.67 bits per heavy atom. The van der Waals surface area contributed by atoms with Gasteiger partial charge in [0.2, 0.25) is 5.91 Å². The van der Waals surface area contributed by atoms with Gasteiger partial charge in [-0.2, -0.15) is 8.42 Å². The maximum Gasteiger partial charge on any atom is 0.357 e. The van der Waals surface area contributed by atoms with Gasteiger partial charge in [-0.05, 0) is 30.5 Å². The maximum atomic E-state index is 12.6. The standard InChI is InChI=1S/C19H24N4O4S3/c1-2-14-12-29-19(21-14)16(22-17(24)7-8-18-20-9-10-28-18)11-13-3-5-15(6-4-13)23-30(25,26)27/h3-6,12,16,23H,2,7-11H2,1H3,(H,22,24)(H,25,26,27)/t16-/m0/s1. The summed E-state index contributed by atoms with van der Waals surface area (Å²) in [5.41, 5.74) is 2.16. The first-order valence-electron chi connectivity index (χ1n) is 9.56. The average molecular weight is 469 g/mol. The fourth-order valence-corrected chi connectivity index (χ4v) is 5.19. The maximum absolute atomic E-state index is 12.6. The molecular weight excluding hydrogens is 444 g/mol. The fraction of sp³-hybridized carbons (Fsp3) is 0.421. The van der Waals surface area contributed by atoms with Gasteiger partial charge in [-0.3, -0.25) is 19.1 Å². The van der Waals surface area contributed by atoms with Gasteiger partial charge >= 0.3 is 10.3 Å². The number of aryl methyl sites for hydroxylation is 1. The lowest BCUT2D eigenvalue weighted by atomic mass is 10.1. The van der Waals surface area contributed by atoms with Gasteiger partial charge in [-0.25, -0.2) is 4.98 Å². The third-order valence-electron chi connectivity index (χ3n) is 4.42. The summed E-state index contributed by atoms with van der Waals surface area (Å²) < 4.78 is 32.8. The van der Waals surface area contributed by atoms with Crippen molar-refractivity contribution in [3.63, 3.8) is 0 Å².